The van der Waals surface area contributed by atoms with Crippen molar-refractivity contribution in [2.24, 2.45) is 0 Å². The van der Waals surface area contributed by atoms with Crippen LogP contribution in [0, 0.1) is 6.92 Å². The Balaban J connectivity index is 1.92. The van der Waals surface area contributed by atoms with E-state index in [-0.39, 0.29) is 0 Å². The lowest BCUT2D eigenvalue weighted by Gasteiger charge is -2.09. The van der Waals surface area contributed by atoms with E-state index in [4.69, 9.17) is 9.72 Å². The van der Waals surface area contributed by atoms with Gasteiger partial charge in [-0.1, -0.05) is 42.5 Å². The number of para-hydroxylation sites is 1. The normalized spacial score (nSPS) is 10.8. The summed E-state index contributed by atoms with van der Waals surface area (Å²) in [5.74, 6) is 1.76. The number of ether oxygens (including phenoxy) is 1. The molecule has 0 fully saturated rings. The molecule has 0 saturated heterocycles. The highest BCUT2D eigenvalue weighted by atomic mass is 32.2. The Morgan fingerprint density at radius 1 is 1.05 bits per heavy atom. The molecule has 1 aromatic heterocycles. The highest BCUT2D eigenvalue weighted by molar-refractivity contribution is 7.98. The molecule has 0 radical (unpaired) electrons. The fraction of sp³-hybridized carbons (Fsp3) is 0.167. The van der Waals surface area contributed by atoms with Crippen molar-refractivity contribution < 1.29 is 4.74 Å². The predicted octanol–water partition coefficient (Wildman–Crippen LogP) is 4.84. The van der Waals surface area contributed by atoms with E-state index in [1.165, 1.54) is 11.1 Å². The number of hydrogen-bond acceptors (Lipinski definition) is 3. The zero-order chi connectivity index (χ0) is 14.7. The van der Waals surface area contributed by atoms with Gasteiger partial charge in [0.25, 0.3) is 0 Å². The van der Waals surface area contributed by atoms with Crippen LogP contribution >= 0.6 is 11.8 Å². The highest BCUT2D eigenvalue weighted by Gasteiger charge is 2.08. The van der Waals surface area contributed by atoms with Gasteiger partial charge in [0.1, 0.15) is 11.3 Å². The van der Waals surface area contributed by atoms with Crippen LogP contribution in [-0.2, 0) is 5.75 Å². The van der Waals surface area contributed by atoms with Gasteiger partial charge in [0, 0.05) is 11.1 Å². The number of thioether (sulfide) groups is 1. The third kappa shape index (κ3) is 3.03. The second kappa shape index (κ2) is 6.19. The van der Waals surface area contributed by atoms with Crippen LogP contribution in [0.4, 0.5) is 0 Å². The molecule has 106 valence electrons. The summed E-state index contributed by atoms with van der Waals surface area (Å²) >= 11 is 1.76. The molecule has 0 spiro atoms. The number of pyridine rings is 1. The van der Waals surface area contributed by atoms with Crippen LogP contribution in [0.5, 0.6) is 5.75 Å². The Morgan fingerprint density at radius 3 is 2.62 bits per heavy atom. The number of benzene rings is 2. The van der Waals surface area contributed by atoms with Crippen molar-refractivity contribution in [3.05, 3.63) is 65.7 Å². The summed E-state index contributed by atoms with van der Waals surface area (Å²) < 4.78 is 5.43. The Bertz CT molecular complexity index is 756. The van der Waals surface area contributed by atoms with Crippen molar-refractivity contribution in [2.45, 2.75) is 17.7 Å². The van der Waals surface area contributed by atoms with E-state index in [1.807, 2.05) is 18.2 Å². The zero-order valence-electron chi connectivity index (χ0n) is 12.2. The van der Waals surface area contributed by atoms with Gasteiger partial charge >= 0.3 is 0 Å². The second-order valence-corrected chi connectivity index (χ2v) is 5.90. The zero-order valence-corrected chi connectivity index (χ0v) is 13.0. The maximum absolute atomic E-state index is 5.43. The van der Waals surface area contributed by atoms with Gasteiger partial charge in [0.05, 0.1) is 12.1 Å². The molecule has 3 rings (SSSR count). The first-order valence-corrected chi connectivity index (χ1v) is 7.87. The van der Waals surface area contributed by atoms with Gasteiger partial charge in [0.15, 0.2) is 0 Å². The molecular formula is C18H17NOS. The maximum Gasteiger partial charge on any atom is 0.145 e. The lowest BCUT2D eigenvalue weighted by Crippen LogP contribution is -1.92. The molecule has 0 amide bonds. The predicted molar refractivity (Wildman–Crippen MR) is 89.0 cm³/mol. The van der Waals surface area contributed by atoms with Gasteiger partial charge in [-0.25, -0.2) is 4.98 Å². The molecule has 0 N–H and O–H groups in total. The fourth-order valence-electron chi connectivity index (χ4n) is 2.33. The van der Waals surface area contributed by atoms with Gasteiger partial charge in [-0.05, 0) is 30.2 Å². The first kappa shape index (κ1) is 14.0. The molecule has 0 unspecified atom stereocenters. The number of fused-ring (bicyclic) bond motifs is 1. The molecule has 0 aliphatic carbocycles. The third-order valence-electron chi connectivity index (χ3n) is 3.44. The lowest BCUT2D eigenvalue weighted by atomic mass is 10.1. The Kier molecular flexibility index (Phi) is 4.11. The SMILES string of the molecule is COc1cccc2c(C)cc(SCc3ccccc3)nc12. The van der Waals surface area contributed by atoms with E-state index in [0.29, 0.717) is 0 Å². The van der Waals surface area contributed by atoms with Crippen molar-refractivity contribution in [3.63, 3.8) is 0 Å². The van der Waals surface area contributed by atoms with Crippen molar-refractivity contribution in [2.75, 3.05) is 7.11 Å². The largest absolute Gasteiger partial charge is 0.494 e. The summed E-state index contributed by atoms with van der Waals surface area (Å²) in [5, 5.41) is 2.19. The van der Waals surface area contributed by atoms with E-state index in [9.17, 15) is 0 Å². The van der Waals surface area contributed by atoms with Gasteiger partial charge in [-0.2, -0.15) is 0 Å². The standard InChI is InChI=1S/C18H17NOS/c1-13-11-17(21-12-14-7-4-3-5-8-14)19-18-15(13)9-6-10-16(18)20-2/h3-11H,12H2,1-2H3. The molecule has 0 aliphatic heterocycles. The summed E-state index contributed by atoms with van der Waals surface area (Å²) in [5.41, 5.74) is 3.48. The summed E-state index contributed by atoms with van der Waals surface area (Å²) in [6.45, 7) is 2.12. The smallest absolute Gasteiger partial charge is 0.145 e. The molecule has 0 atom stereocenters. The number of methoxy groups -OCH3 is 1. The average molecular weight is 295 g/mol. The van der Waals surface area contributed by atoms with Crippen LogP contribution in [0.15, 0.2) is 59.6 Å². The van der Waals surface area contributed by atoms with Crippen molar-refractivity contribution in [1.29, 1.82) is 0 Å². The first-order chi connectivity index (χ1) is 10.3. The quantitative estimate of drug-likeness (QED) is 0.643. The van der Waals surface area contributed by atoms with E-state index < -0.39 is 0 Å². The van der Waals surface area contributed by atoms with E-state index in [0.717, 1.165) is 27.4 Å². The molecule has 2 aromatic carbocycles. The molecule has 3 aromatic rings. The van der Waals surface area contributed by atoms with Crippen LogP contribution in [0.25, 0.3) is 10.9 Å². The molecule has 0 saturated carbocycles. The van der Waals surface area contributed by atoms with Crippen LogP contribution in [0.1, 0.15) is 11.1 Å². The Morgan fingerprint density at radius 2 is 1.86 bits per heavy atom. The van der Waals surface area contributed by atoms with Gasteiger partial charge in [-0.15, -0.1) is 11.8 Å². The first-order valence-electron chi connectivity index (χ1n) is 6.89. The number of aryl methyl sites for hydroxylation is 1. The average Bonchev–Trinajstić information content (AvgIpc) is 2.53. The monoisotopic (exact) mass is 295 g/mol. The van der Waals surface area contributed by atoms with Crippen molar-refractivity contribution >= 4 is 22.7 Å². The maximum atomic E-state index is 5.43. The van der Waals surface area contributed by atoms with Gasteiger partial charge < -0.3 is 4.74 Å². The topological polar surface area (TPSA) is 22.1 Å². The van der Waals surface area contributed by atoms with Crippen molar-refractivity contribution in [1.82, 2.24) is 4.98 Å². The van der Waals surface area contributed by atoms with Gasteiger partial charge in [0.2, 0.25) is 0 Å². The summed E-state index contributed by atoms with van der Waals surface area (Å²) in [6, 6.07) is 18.7. The molecule has 0 aliphatic rings. The second-order valence-electron chi connectivity index (χ2n) is 4.91. The van der Waals surface area contributed by atoms with Crippen LogP contribution in [-0.4, -0.2) is 12.1 Å². The van der Waals surface area contributed by atoms with E-state index in [1.54, 1.807) is 18.9 Å². The number of rotatable bonds is 4. The van der Waals surface area contributed by atoms with Crippen LogP contribution in [0.2, 0.25) is 0 Å². The summed E-state index contributed by atoms with van der Waals surface area (Å²) in [4.78, 5) is 4.76. The molecule has 21 heavy (non-hydrogen) atoms. The summed E-state index contributed by atoms with van der Waals surface area (Å²) in [6.07, 6.45) is 0. The fourth-order valence-corrected chi connectivity index (χ4v) is 3.25. The minimum absolute atomic E-state index is 0.831. The molecule has 1 heterocycles. The minimum Gasteiger partial charge on any atom is -0.494 e. The van der Waals surface area contributed by atoms with Crippen LogP contribution < -0.4 is 4.74 Å². The van der Waals surface area contributed by atoms with E-state index >= 15 is 0 Å². The highest BCUT2D eigenvalue weighted by Crippen LogP contribution is 2.30. The summed E-state index contributed by atoms with van der Waals surface area (Å²) in [7, 11) is 1.69. The molecule has 0 bridgehead atoms. The lowest BCUT2D eigenvalue weighted by molar-refractivity contribution is 0.418. The number of hydrogen-bond donors (Lipinski definition) is 0. The molecule has 3 heteroatoms. The minimum atomic E-state index is 0.831. The third-order valence-corrected chi connectivity index (χ3v) is 4.42. The molecular weight excluding hydrogens is 278 g/mol. The Labute approximate surface area is 129 Å². The number of aromatic nitrogens is 1. The van der Waals surface area contributed by atoms with E-state index in [2.05, 4.69) is 43.3 Å². The van der Waals surface area contributed by atoms with Gasteiger partial charge in [-0.3, -0.25) is 0 Å². The van der Waals surface area contributed by atoms with Crippen LogP contribution in [0.3, 0.4) is 0 Å². The Hall–Kier alpha value is -2.00. The molecule has 2 nitrogen and oxygen atoms in total. The van der Waals surface area contributed by atoms with Crippen molar-refractivity contribution in [3.8, 4) is 5.75 Å². The number of nitrogens with zero attached hydrogens (tertiary/aromatic N) is 1.